The molecule has 170 valence electrons. The van der Waals surface area contributed by atoms with Crippen molar-refractivity contribution in [2.75, 3.05) is 0 Å². The van der Waals surface area contributed by atoms with E-state index in [9.17, 15) is 22.8 Å². The summed E-state index contributed by atoms with van der Waals surface area (Å²) in [6, 6.07) is 6.80. The number of carbonyl (C=O) groups is 2. The smallest absolute Gasteiger partial charge is 0.481 e. The van der Waals surface area contributed by atoms with Gasteiger partial charge in [0.15, 0.2) is 12.2 Å². The van der Waals surface area contributed by atoms with Gasteiger partial charge in [-0.1, -0.05) is 0 Å². The van der Waals surface area contributed by atoms with Crippen molar-refractivity contribution in [1.82, 2.24) is 4.57 Å². The molecule has 0 saturated carbocycles. The third-order valence-corrected chi connectivity index (χ3v) is 3.68. The van der Waals surface area contributed by atoms with Gasteiger partial charge in [-0.25, -0.2) is 9.79 Å². The van der Waals surface area contributed by atoms with E-state index in [4.69, 9.17) is 31.2 Å². The second-order valence-corrected chi connectivity index (χ2v) is 6.08. The molecule has 2 rings (SSSR count). The number of hydrogen-bond acceptors (Lipinski definition) is 5. The van der Waals surface area contributed by atoms with Crippen LogP contribution < -0.4 is 21.8 Å². The average Bonchev–Trinajstić information content (AvgIpc) is 2.61. The molecule has 13 heteroatoms. The number of benzene rings is 1. The van der Waals surface area contributed by atoms with Crippen molar-refractivity contribution in [3.05, 3.63) is 40.2 Å². The molecule has 0 aliphatic rings. The Hall–Kier alpha value is -3.77. The summed E-state index contributed by atoms with van der Waals surface area (Å²) in [6.45, 7) is 3.92. The molecule has 31 heavy (non-hydrogen) atoms. The molecule has 1 aromatic heterocycles. The summed E-state index contributed by atoms with van der Waals surface area (Å²) in [5.74, 6) is -3.37. The van der Waals surface area contributed by atoms with E-state index in [0.717, 1.165) is 5.39 Å². The number of nitrogens with two attached hydrogens (primary N) is 2. The fourth-order valence-corrected chi connectivity index (χ4v) is 2.52. The maximum atomic E-state index is 12.4. The summed E-state index contributed by atoms with van der Waals surface area (Å²) < 4.78 is 38.9. The zero-order valence-electron chi connectivity index (χ0n) is 16.5. The largest absolute Gasteiger partial charge is 0.490 e. The molecule has 1 aromatic carbocycles. The lowest BCUT2D eigenvalue weighted by atomic mass is 10.1. The molecule has 10 nitrogen and oxygen atoms in total. The van der Waals surface area contributed by atoms with Crippen molar-refractivity contribution in [2.24, 2.45) is 16.5 Å². The lowest BCUT2D eigenvalue weighted by molar-refractivity contribution is -0.192. The van der Waals surface area contributed by atoms with Gasteiger partial charge >= 0.3 is 18.1 Å². The van der Waals surface area contributed by atoms with Gasteiger partial charge < -0.3 is 31.0 Å². The minimum absolute atomic E-state index is 0.0768. The Kier molecular flexibility index (Phi) is 8.41. The number of carboxylic acid groups (broad SMARTS) is 2. The Morgan fingerprint density at radius 2 is 1.81 bits per heavy atom. The molecule has 0 fully saturated rings. The Labute approximate surface area is 173 Å². The number of aliphatic imine (C=N–C) groups is 1. The van der Waals surface area contributed by atoms with Crippen LogP contribution in [0.1, 0.15) is 19.4 Å². The minimum atomic E-state index is -5.08. The van der Waals surface area contributed by atoms with Crippen LogP contribution in [0.5, 0.6) is 5.75 Å². The van der Waals surface area contributed by atoms with Crippen LogP contribution in [0.3, 0.4) is 0 Å². The molecule has 0 radical (unpaired) electrons. The third kappa shape index (κ3) is 7.53. The summed E-state index contributed by atoms with van der Waals surface area (Å²) in [4.78, 5) is 36.1. The number of aromatic nitrogens is 1. The molecule has 1 unspecified atom stereocenters. The van der Waals surface area contributed by atoms with Gasteiger partial charge in [0.1, 0.15) is 5.75 Å². The number of halogens is 3. The zero-order chi connectivity index (χ0) is 23.9. The van der Waals surface area contributed by atoms with Crippen molar-refractivity contribution in [1.29, 1.82) is 0 Å². The van der Waals surface area contributed by atoms with Gasteiger partial charge in [-0.05, 0) is 37.4 Å². The van der Waals surface area contributed by atoms with Crippen LogP contribution in [0.15, 0.2) is 34.1 Å². The topological polar surface area (TPSA) is 170 Å². The number of nitrogens with zero attached hydrogens (tertiary/aromatic N) is 2. The van der Waals surface area contributed by atoms with E-state index in [1.165, 1.54) is 4.57 Å². The van der Waals surface area contributed by atoms with Crippen LogP contribution in [0, 0.1) is 0 Å². The Morgan fingerprint density at radius 1 is 1.23 bits per heavy atom. The average molecular weight is 446 g/mol. The van der Waals surface area contributed by atoms with E-state index in [1.807, 2.05) is 6.92 Å². The number of fused-ring (bicyclic) bond motifs is 1. The van der Waals surface area contributed by atoms with E-state index in [2.05, 4.69) is 4.99 Å². The van der Waals surface area contributed by atoms with Gasteiger partial charge in [0, 0.05) is 18.2 Å². The van der Waals surface area contributed by atoms with E-state index in [-0.39, 0.29) is 23.5 Å². The number of hydrogen-bond donors (Lipinski definition) is 4. The number of rotatable bonds is 6. The standard InChI is InChI=1S/C16H20N4O4.C2HF3O2/c1-3-20-13-8-12(24-9(2)19-16(17)18)5-4-10(13)6-11(15(20)23)7-14(21)22;3-2(4,5)1(6)7/h4-6,8-9H,3,7H2,1-2H3,(H,21,22)(H4,17,18,19);(H,6,7). The lowest BCUT2D eigenvalue weighted by Crippen LogP contribution is -2.26. The molecule has 1 heterocycles. The van der Waals surface area contributed by atoms with E-state index >= 15 is 0 Å². The molecular formula is C18H21F3N4O6. The number of ether oxygens (including phenoxy) is 1. The van der Waals surface area contributed by atoms with Gasteiger partial charge in [-0.2, -0.15) is 13.2 Å². The normalized spacial score (nSPS) is 11.8. The fourth-order valence-electron chi connectivity index (χ4n) is 2.52. The number of carboxylic acids is 2. The molecule has 2 aromatic rings. The van der Waals surface area contributed by atoms with Crippen molar-refractivity contribution in [3.8, 4) is 5.75 Å². The quantitative estimate of drug-likeness (QED) is 0.380. The van der Waals surface area contributed by atoms with Crippen molar-refractivity contribution in [3.63, 3.8) is 0 Å². The summed E-state index contributed by atoms with van der Waals surface area (Å²) in [5, 5.41) is 16.8. The Balaban J connectivity index is 0.000000592. The van der Waals surface area contributed by atoms with E-state index in [1.54, 1.807) is 31.2 Å². The van der Waals surface area contributed by atoms with Crippen molar-refractivity contribution in [2.45, 2.75) is 39.2 Å². The number of alkyl halides is 3. The van der Waals surface area contributed by atoms with E-state index in [0.29, 0.717) is 17.8 Å². The lowest BCUT2D eigenvalue weighted by Gasteiger charge is -2.14. The van der Waals surface area contributed by atoms with Crippen LogP contribution in [-0.4, -0.2) is 45.1 Å². The number of guanidine groups is 1. The Bertz CT molecular complexity index is 1040. The molecule has 0 bridgehead atoms. The van der Waals surface area contributed by atoms with Gasteiger partial charge in [0.25, 0.3) is 5.56 Å². The fraction of sp³-hybridized carbons (Fsp3) is 0.333. The zero-order valence-corrected chi connectivity index (χ0v) is 16.5. The SMILES string of the molecule is CCn1c(=O)c(CC(=O)O)cc2ccc(OC(C)N=C(N)N)cc21.O=C(O)C(F)(F)F. The third-order valence-electron chi connectivity index (χ3n) is 3.68. The second kappa shape index (κ2) is 10.3. The van der Waals surface area contributed by atoms with Crippen molar-refractivity contribution < 1.29 is 37.7 Å². The van der Waals surface area contributed by atoms with Crippen LogP contribution in [0.4, 0.5) is 13.2 Å². The predicted molar refractivity (Wildman–Crippen MR) is 105 cm³/mol. The molecule has 0 aliphatic carbocycles. The maximum absolute atomic E-state index is 12.4. The maximum Gasteiger partial charge on any atom is 0.490 e. The van der Waals surface area contributed by atoms with Crippen LogP contribution >= 0.6 is 0 Å². The molecule has 0 amide bonds. The first-order valence-electron chi connectivity index (χ1n) is 8.70. The highest BCUT2D eigenvalue weighted by Crippen LogP contribution is 2.22. The van der Waals surface area contributed by atoms with Gasteiger partial charge in [0.2, 0.25) is 0 Å². The summed E-state index contributed by atoms with van der Waals surface area (Å²) in [5.41, 5.74) is 11.2. The monoisotopic (exact) mass is 446 g/mol. The highest BCUT2D eigenvalue weighted by Gasteiger charge is 2.38. The first-order chi connectivity index (χ1) is 14.3. The first kappa shape index (κ1) is 25.3. The van der Waals surface area contributed by atoms with Crippen LogP contribution in [0.25, 0.3) is 10.9 Å². The molecule has 1 atom stereocenters. The first-order valence-corrected chi connectivity index (χ1v) is 8.70. The summed E-state index contributed by atoms with van der Waals surface area (Å²) in [6.07, 6.45) is -5.96. The highest BCUT2D eigenvalue weighted by atomic mass is 19.4. The molecule has 6 N–H and O–H groups in total. The predicted octanol–water partition coefficient (Wildman–Crippen LogP) is 1.28. The molecular weight excluding hydrogens is 425 g/mol. The van der Waals surface area contributed by atoms with Gasteiger partial charge in [-0.15, -0.1) is 0 Å². The highest BCUT2D eigenvalue weighted by molar-refractivity contribution is 5.82. The second-order valence-electron chi connectivity index (χ2n) is 6.08. The van der Waals surface area contributed by atoms with Crippen LogP contribution in [0.2, 0.25) is 0 Å². The van der Waals surface area contributed by atoms with Crippen LogP contribution in [-0.2, 0) is 22.6 Å². The van der Waals surface area contributed by atoms with Crippen molar-refractivity contribution >= 4 is 28.8 Å². The summed E-state index contributed by atoms with van der Waals surface area (Å²) in [7, 11) is 0. The number of aryl methyl sites for hydroxylation is 1. The van der Waals surface area contributed by atoms with Gasteiger partial charge in [0.05, 0.1) is 11.9 Å². The summed E-state index contributed by atoms with van der Waals surface area (Å²) >= 11 is 0. The molecule has 0 saturated heterocycles. The molecule has 0 aliphatic heterocycles. The number of pyridine rings is 1. The van der Waals surface area contributed by atoms with E-state index < -0.39 is 24.3 Å². The minimum Gasteiger partial charge on any atom is -0.481 e. The molecule has 0 spiro atoms. The Morgan fingerprint density at radius 3 is 2.26 bits per heavy atom. The number of aliphatic carboxylic acids is 2. The van der Waals surface area contributed by atoms with Gasteiger partial charge in [-0.3, -0.25) is 9.59 Å².